The van der Waals surface area contributed by atoms with Crippen LogP contribution in [-0.2, 0) is 9.59 Å². The number of nitro groups is 1. The number of ketones is 1. The zero-order chi connectivity index (χ0) is 27.4. The zero-order valence-corrected chi connectivity index (χ0v) is 21.4. The van der Waals surface area contributed by atoms with Crippen LogP contribution in [0.1, 0.15) is 23.0 Å². The van der Waals surface area contributed by atoms with Crippen molar-refractivity contribution in [2.75, 3.05) is 12.0 Å². The second-order valence-electron chi connectivity index (χ2n) is 8.83. The van der Waals surface area contributed by atoms with E-state index in [1.165, 1.54) is 30.2 Å². The molecule has 0 spiro atoms. The Labute approximate surface area is 224 Å². The molecule has 1 atom stereocenters. The fraction of sp³-hybridized carbons (Fsp3) is 0.111. The van der Waals surface area contributed by atoms with Crippen molar-refractivity contribution in [3.63, 3.8) is 0 Å². The number of carbonyl (C=O) groups is 2. The molecule has 0 bridgehead atoms. The topological polar surface area (TPSA) is 140 Å². The molecule has 1 fully saturated rings. The maximum atomic E-state index is 13.6. The van der Waals surface area contributed by atoms with Gasteiger partial charge in [-0.25, -0.2) is 9.97 Å². The van der Waals surface area contributed by atoms with Gasteiger partial charge >= 0.3 is 5.91 Å². The summed E-state index contributed by atoms with van der Waals surface area (Å²) in [7, 11) is 1.53. The lowest BCUT2D eigenvalue weighted by Gasteiger charge is -2.22. The van der Waals surface area contributed by atoms with Gasteiger partial charge in [-0.15, -0.1) is 0 Å². The Kier molecular flexibility index (Phi) is 5.61. The number of ether oxygens (including phenoxy) is 1. The van der Waals surface area contributed by atoms with Gasteiger partial charge in [0, 0.05) is 18.3 Å². The second-order valence-corrected chi connectivity index (χ2v) is 9.84. The number of aliphatic hydroxyl groups excluding tert-OH is 1. The van der Waals surface area contributed by atoms with E-state index in [9.17, 15) is 24.8 Å². The number of methoxy groups -OCH3 is 1. The number of aliphatic hydroxyl groups is 1. The molecule has 0 saturated carbocycles. The third-order valence-corrected chi connectivity index (χ3v) is 7.58. The molecule has 1 N–H and O–H groups in total. The van der Waals surface area contributed by atoms with Gasteiger partial charge in [-0.3, -0.25) is 29.0 Å². The molecule has 1 saturated heterocycles. The number of aryl methyl sites for hydroxylation is 1. The molecule has 12 heteroatoms. The minimum Gasteiger partial charge on any atom is -0.505 e. The molecule has 194 valence electrons. The van der Waals surface area contributed by atoms with E-state index in [1.54, 1.807) is 60.0 Å². The van der Waals surface area contributed by atoms with Crippen LogP contribution in [0, 0.1) is 17.0 Å². The summed E-state index contributed by atoms with van der Waals surface area (Å²) in [5.41, 5.74) is 1.63. The molecule has 11 nitrogen and oxygen atoms in total. The van der Waals surface area contributed by atoms with E-state index in [1.807, 2.05) is 0 Å². The molecule has 6 rings (SSSR count). The zero-order valence-electron chi connectivity index (χ0n) is 20.6. The van der Waals surface area contributed by atoms with Gasteiger partial charge in [0.25, 0.3) is 11.5 Å². The molecule has 1 aliphatic heterocycles. The number of anilines is 1. The summed E-state index contributed by atoms with van der Waals surface area (Å²) in [6.07, 6.45) is 1.68. The number of thiazole rings is 1. The molecule has 4 heterocycles. The van der Waals surface area contributed by atoms with Crippen molar-refractivity contribution in [3.05, 3.63) is 99.5 Å². The Balaban J connectivity index is 1.61. The van der Waals surface area contributed by atoms with Crippen LogP contribution in [0.15, 0.2) is 72.4 Å². The first-order chi connectivity index (χ1) is 18.8. The predicted octanol–water partition coefficient (Wildman–Crippen LogP) is 4.80. The van der Waals surface area contributed by atoms with Gasteiger partial charge in [0.2, 0.25) is 0 Å². The van der Waals surface area contributed by atoms with Gasteiger partial charge in [-0.05, 0) is 42.8 Å². The lowest BCUT2D eigenvalue weighted by Crippen LogP contribution is -2.29. The smallest absolute Gasteiger partial charge is 0.301 e. The number of hydrogen-bond acceptors (Lipinski definition) is 9. The standard InChI is InChI=1S/C27H19N5O6S/c1-14-22(30-11-4-3-8-20(30)28-14)24(33)21-23(15-6-5-7-16(12-15)32(36)37)31(26(35)25(21)34)27-29-18-10-9-17(38-2)13-19(18)39-27/h3-13,23,33H,1-2H3. The van der Waals surface area contributed by atoms with Crippen LogP contribution in [0.5, 0.6) is 5.75 Å². The SMILES string of the molecule is COc1ccc2nc(N3C(=O)C(=O)C(=C(O)c4c(C)nc5ccccn45)C3c3cccc([N+](=O)[O-])c3)sc2c1. The maximum Gasteiger partial charge on any atom is 0.301 e. The van der Waals surface area contributed by atoms with Crippen LogP contribution < -0.4 is 9.64 Å². The third kappa shape index (κ3) is 3.80. The highest BCUT2D eigenvalue weighted by molar-refractivity contribution is 7.22. The Morgan fingerprint density at radius 3 is 2.69 bits per heavy atom. The number of carbonyl (C=O) groups excluding carboxylic acids is 2. The summed E-state index contributed by atoms with van der Waals surface area (Å²) in [5.74, 6) is -1.69. The molecule has 39 heavy (non-hydrogen) atoms. The number of aromatic nitrogens is 3. The van der Waals surface area contributed by atoms with E-state index in [4.69, 9.17) is 4.74 Å². The molecule has 1 amide bonds. The number of nitrogens with zero attached hydrogens (tertiary/aromatic N) is 5. The fourth-order valence-corrected chi connectivity index (χ4v) is 5.82. The van der Waals surface area contributed by atoms with Gasteiger partial charge in [0.15, 0.2) is 10.9 Å². The van der Waals surface area contributed by atoms with Crippen LogP contribution in [0.4, 0.5) is 10.8 Å². The first-order valence-electron chi connectivity index (χ1n) is 11.7. The largest absolute Gasteiger partial charge is 0.505 e. The summed E-state index contributed by atoms with van der Waals surface area (Å²) in [5, 5.41) is 23.4. The summed E-state index contributed by atoms with van der Waals surface area (Å²) in [6, 6.07) is 15.0. The molecule has 2 aromatic carbocycles. The number of pyridine rings is 1. The van der Waals surface area contributed by atoms with E-state index in [0.29, 0.717) is 27.3 Å². The Morgan fingerprint density at radius 1 is 1.10 bits per heavy atom. The number of amides is 1. The summed E-state index contributed by atoms with van der Waals surface area (Å²) in [6.45, 7) is 1.68. The predicted molar refractivity (Wildman–Crippen MR) is 144 cm³/mol. The van der Waals surface area contributed by atoms with Crippen molar-refractivity contribution in [2.45, 2.75) is 13.0 Å². The Hall–Kier alpha value is -5.10. The third-order valence-electron chi connectivity index (χ3n) is 6.56. The summed E-state index contributed by atoms with van der Waals surface area (Å²) in [4.78, 5) is 48.4. The first-order valence-corrected chi connectivity index (χ1v) is 12.5. The lowest BCUT2D eigenvalue weighted by molar-refractivity contribution is -0.384. The fourth-order valence-electron chi connectivity index (χ4n) is 4.80. The van der Waals surface area contributed by atoms with E-state index < -0.39 is 28.4 Å². The highest BCUT2D eigenvalue weighted by Crippen LogP contribution is 2.45. The highest BCUT2D eigenvalue weighted by Gasteiger charge is 2.49. The van der Waals surface area contributed by atoms with Crippen LogP contribution in [0.25, 0.3) is 21.6 Å². The number of nitro benzene ring substituents is 1. The minimum absolute atomic E-state index is 0.200. The Morgan fingerprint density at radius 2 is 1.92 bits per heavy atom. The van der Waals surface area contributed by atoms with Crippen molar-refractivity contribution < 1.29 is 24.4 Å². The molecule has 1 unspecified atom stereocenters. The average Bonchev–Trinajstić information content (AvgIpc) is 3.58. The van der Waals surface area contributed by atoms with Crippen molar-refractivity contribution in [1.29, 1.82) is 0 Å². The molecule has 3 aromatic heterocycles. The minimum atomic E-state index is -1.18. The van der Waals surface area contributed by atoms with Gasteiger partial charge in [-0.1, -0.05) is 29.5 Å². The van der Waals surface area contributed by atoms with E-state index in [0.717, 1.165) is 11.3 Å². The van der Waals surface area contributed by atoms with Crippen LogP contribution >= 0.6 is 11.3 Å². The van der Waals surface area contributed by atoms with Gasteiger partial charge < -0.3 is 9.84 Å². The monoisotopic (exact) mass is 541 g/mol. The lowest BCUT2D eigenvalue weighted by atomic mass is 9.96. The van der Waals surface area contributed by atoms with Gasteiger partial charge in [0.05, 0.1) is 39.6 Å². The number of hydrogen-bond donors (Lipinski definition) is 1. The van der Waals surface area contributed by atoms with Gasteiger partial charge in [-0.2, -0.15) is 0 Å². The van der Waals surface area contributed by atoms with Crippen molar-refractivity contribution >= 4 is 55.5 Å². The number of imidazole rings is 1. The molecule has 1 aliphatic rings. The van der Waals surface area contributed by atoms with Crippen LogP contribution in [-0.4, -0.2) is 43.2 Å². The van der Waals surface area contributed by atoms with Crippen LogP contribution in [0.2, 0.25) is 0 Å². The normalized spacial score (nSPS) is 16.9. The van der Waals surface area contributed by atoms with Crippen LogP contribution in [0.3, 0.4) is 0 Å². The molecule has 0 aliphatic carbocycles. The number of rotatable bonds is 5. The number of benzene rings is 2. The maximum absolute atomic E-state index is 13.6. The average molecular weight is 542 g/mol. The molecule has 5 aromatic rings. The molecule has 0 radical (unpaired) electrons. The number of Topliss-reactive ketones (excluding diaryl/α,β-unsaturated/α-hetero) is 1. The second kappa shape index (κ2) is 9.03. The highest BCUT2D eigenvalue weighted by atomic mass is 32.1. The van der Waals surface area contributed by atoms with Crippen molar-refractivity contribution in [2.24, 2.45) is 0 Å². The number of fused-ring (bicyclic) bond motifs is 2. The van der Waals surface area contributed by atoms with Crippen molar-refractivity contribution in [3.8, 4) is 5.75 Å². The molecular formula is C27H19N5O6S. The quantitative estimate of drug-likeness (QED) is 0.110. The Bertz CT molecular complexity index is 1870. The van der Waals surface area contributed by atoms with Gasteiger partial charge in [0.1, 0.15) is 17.1 Å². The summed E-state index contributed by atoms with van der Waals surface area (Å²) >= 11 is 1.16. The number of non-ortho nitro benzene ring substituents is 1. The first kappa shape index (κ1) is 24.2. The van der Waals surface area contributed by atoms with E-state index >= 15 is 0 Å². The summed E-state index contributed by atoms with van der Waals surface area (Å²) < 4.78 is 7.62. The molecular weight excluding hydrogens is 522 g/mol. The van der Waals surface area contributed by atoms with E-state index in [2.05, 4.69) is 9.97 Å². The van der Waals surface area contributed by atoms with E-state index in [-0.39, 0.29) is 27.6 Å². The van der Waals surface area contributed by atoms with Crippen molar-refractivity contribution in [1.82, 2.24) is 14.4 Å².